The monoisotopic (exact) mass is 206 g/mol. The van der Waals surface area contributed by atoms with Crippen molar-refractivity contribution in [1.29, 1.82) is 0 Å². The van der Waals surface area contributed by atoms with E-state index in [0.29, 0.717) is 5.92 Å². The van der Waals surface area contributed by atoms with Crippen molar-refractivity contribution >= 4 is 18.3 Å². The van der Waals surface area contributed by atoms with Crippen molar-refractivity contribution in [3.63, 3.8) is 0 Å². The first kappa shape index (κ1) is 12.7. The fourth-order valence-electron chi connectivity index (χ4n) is 1.73. The van der Waals surface area contributed by atoms with Gasteiger partial charge in [0.1, 0.15) is 0 Å². The maximum atomic E-state index is 10.8. The highest BCUT2D eigenvalue weighted by Crippen LogP contribution is 2.20. The topological polar surface area (TPSA) is 55.1 Å². The predicted octanol–water partition coefficient (Wildman–Crippen LogP) is 0.919. The summed E-state index contributed by atoms with van der Waals surface area (Å²) in [5.41, 5.74) is 5.20. The van der Waals surface area contributed by atoms with Gasteiger partial charge in [-0.2, -0.15) is 0 Å². The Balaban J connectivity index is 0.00000144. The Morgan fingerprint density at radius 3 is 2.54 bits per heavy atom. The molecule has 1 unspecified atom stereocenters. The third-order valence-corrected chi connectivity index (χ3v) is 2.63. The van der Waals surface area contributed by atoms with Gasteiger partial charge in [-0.25, -0.2) is 0 Å². The van der Waals surface area contributed by atoms with Crippen LogP contribution in [0.2, 0.25) is 0 Å². The van der Waals surface area contributed by atoms with E-state index in [9.17, 15) is 4.79 Å². The van der Waals surface area contributed by atoms with E-state index >= 15 is 0 Å². The summed E-state index contributed by atoms with van der Waals surface area (Å²) in [4.78, 5) is 10.8. The van der Waals surface area contributed by atoms with Crippen molar-refractivity contribution in [3.05, 3.63) is 0 Å². The summed E-state index contributed by atoms with van der Waals surface area (Å²) in [5.74, 6) is 0.593. The fourth-order valence-corrected chi connectivity index (χ4v) is 1.73. The van der Waals surface area contributed by atoms with E-state index < -0.39 is 0 Å². The normalized spacial score (nSPS) is 20.4. The predicted molar refractivity (Wildman–Crippen MR) is 55.8 cm³/mol. The maximum Gasteiger partial charge on any atom is 0.220 e. The van der Waals surface area contributed by atoms with Crippen molar-refractivity contribution in [2.45, 2.75) is 26.2 Å². The molecule has 0 aromatic carbocycles. The molecule has 0 aromatic heterocycles. The van der Waals surface area contributed by atoms with Gasteiger partial charge in [0.25, 0.3) is 0 Å². The molecule has 78 valence electrons. The van der Waals surface area contributed by atoms with E-state index in [0.717, 1.165) is 19.5 Å². The Bertz CT molecular complexity index is 158. The van der Waals surface area contributed by atoms with E-state index in [2.05, 4.69) is 5.32 Å². The summed E-state index contributed by atoms with van der Waals surface area (Å²) in [7, 11) is 0. The van der Waals surface area contributed by atoms with Gasteiger partial charge in [0.2, 0.25) is 5.91 Å². The lowest BCUT2D eigenvalue weighted by atomic mass is 9.88. The molecule has 13 heavy (non-hydrogen) atoms. The highest BCUT2D eigenvalue weighted by atomic mass is 35.5. The van der Waals surface area contributed by atoms with E-state index in [-0.39, 0.29) is 24.2 Å². The molecule has 1 heterocycles. The van der Waals surface area contributed by atoms with Crippen LogP contribution in [0, 0.1) is 11.8 Å². The van der Waals surface area contributed by atoms with Crippen LogP contribution in [0.4, 0.5) is 0 Å². The number of carbonyl (C=O) groups excluding carboxylic acids is 1. The van der Waals surface area contributed by atoms with Crippen molar-refractivity contribution < 1.29 is 4.79 Å². The lowest BCUT2D eigenvalue weighted by Gasteiger charge is -2.24. The van der Waals surface area contributed by atoms with Crippen molar-refractivity contribution in [2.24, 2.45) is 17.6 Å². The lowest BCUT2D eigenvalue weighted by Crippen LogP contribution is -2.31. The second-order valence-electron chi connectivity index (χ2n) is 3.73. The minimum Gasteiger partial charge on any atom is -0.369 e. The Labute approximate surface area is 85.9 Å². The minimum atomic E-state index is -0.159. The second kappa shape index (κ2) is 6.22. The van der Waals surface area contributed by atoms with E-state index in [4.69, 9.17) is 5.73 Å². The zero-order valence-corrected chi connectivity index (χ0v) is 8.90. The van der Waals surface area contributed by atoms with Gasteiger partial charge in [-0.1, -0.05) is 6.92 Å². The first-order valence-corrected chi connectivity index (χ1v) is 4.70. The largest absolute Gasteiger partial charge is 0.369 e. The molecule has 1 rings (SSSR count). The van der Waals surface area contributed by atoms with Gasteiger partial charge >= 0.3 is 0 Å². The summed E-state index contributed by atoms with van der Waals surface area (Å²) in [6.45, 7) is 4.11. The molecule has 1 saturated heterocycles. The Morgan fingerprint density at radius 1 is 1.54 bits per heavy atom. The van der Waals surface area contributed by atoms with Crippen LogP contribution >= 0.6 is 12.4 Å². The molecule has 0 bridgehead atoms. The van der Waals surface area contributed by atoms with Gasteiger partial charge in [-0.15, -0.1) is 12.4 Å². The van der Waals surface area contributed by atoms with Crippen molar-refractivity contribution in [3.8, 4) is 0 Å². The summed E-state index contributed by atoms with van der Waals surface area (Å²) in [6, 6.07) is 0. The van der Waals surface area contributed by atoms with Crippen molar-refractivity contribution in [2.75, 3.05) is 13.1 Å². The van der Waals surface area contributed by atoms with Crippen LogP contribution in [0.5, 0.6) is 0 Å². The molecule has 1 aliphatic rings. The van der Waals surface area contributed by atoms with E-state index in [1.807, 2.05) is 6.92 Å². The zero-order valence-electron chi connectivity index (χ0n) is 8.08. The van der Waals surface area contributed by atoms with Crippen LogP contribution in [0.1, 0.15) is 26.2 Å². The number of primary amides is 1. The SMILES string of the molecule is CC(CC1CCNCC1)C(N)=O.Cl. The Hall–Kier alpha value is -0.280. The highest BCUT2D eigenvalue weighted by Gasteiger charge is 2.18. The van der Waals surface area contributed by atoms with Gasteiger partial charge < -0.3 is 11.1 Å². The molecule has 3 nitrogen and oxygen atoms in total. The number of hydrogen-bond acceptors (Lipinski definition) is 2. The standard InChI is InChI=1S/C9H18N2O.ClH/c1-7(9(10)12)6-8-2-4-11-5-3-8;/h7-8,11H,2-6H2,1H3,(H2,10,12);1H. The maximum absolute atomic E-state index is 10.8. The molecule has 0 spiro atoms. The molecule has 1 aliphatic heterocycles. The molecule has 3 N–H and O–H groups in total. The van der Waals surface area contributed by atoms with Crippen LogP contribution < -0.4 is 11.1 Å². The molecule has 1 fully saturated rings. The van der Waals surface area contributed by atoms with Crippen LogP contribution in [-0.4, -0.2) is 19.0 Å². The summed E-state index contributed by atoms with van der Waals surface area (Å²) in [6.07, 6.45) is 3.35. The molecule has 0 aromatic rings. The van der Waals surface area contributed by atoms with E-state index in [1.54, 1.807) is 0 Å². The Kier molecular flexibility index (Phi) is 6.08. The molecular weight excluding hydrogens is 188 g/mol. The molecule has 1 atom stereocenters. The fraction of sp³-hybridized carbons (Fsp3) is 0.889. The summed E-state index contributed by atoms with van der Waals surface area (Å²) < 4.78 is 0. The number of nitrogens with two attached hydrogens (primary N) is 1. The van der Waals surface area contributed by atoms with Crippen LogP contribution in [0.25, 0.3) is 0 Å². The highest BCUT2D eigenvalue weighted by molar-refractivity contribution is 5.85. The molecule has 0 saturated carbocycles. The van der Waals surface area contributed by atoms with Crippen molar-refractivity contribution in [1.82, 2.24) is 5.32 Å². The average Bonchev–Trinajstić information content (AvgIpc) is 2.06. The number of halogens is 1. The molecule has 0 aliphatic carbocycles. The van der Waals surface area contributed by atoms with Crippen LogP contribution in [-0.2, 0) is 4.79 Å². The number of amides is 1. The lowest BCUT2D eigenvalue weighted by molar-refractivity contribution is -0.121. The molecule has 1 amide bonds. The van der Waals surface area contributed by atoms with Gasteiger partial charge in [-0.3, -0.25) is 4.79 Å². The number of hydrogen-bond donors (Lipinski definition) is 2. The van der Waals surface area contributed by atoms with Crippen LogP contribution in [0.3, 0.4) is 0 Å². The molecule has 4 heteroatoms. The molecular formula is C9H19ClN2O. The number of piperidine rings is 1. The number of carbonyl (C=O) groups is 1. The van der Waals surface area contributed by atoms with Crippen LogP contribution in [0.15, 0.2) is 0 Å². The van der Waals surface area contributed by atoms with Gasteiger partial charge in [0.15, 0.2) is 0 Å². The van der Waals surface area contributed by atoms with Gasteiger partial charge in [0, 0.05) is 5.92 Å². The van der Waals surface area contributed by atoms with Gasteiger partial charge in [-0.05, 0) is 38.3 Å². The number of nitrogens with one attached hydrogen (secondary N) is 1. The minimum absolute atomic E-state index is 0. The smallest absolute Gasteiger partial charge is 0.220 e. The van der Waals surface area contributed by atoms with Gasteiger partial charge in [0.05, 0.1) is 0 Å². The number of rotatable bonds is 3. The molecule has 0 radical (unpaired) electrons. The average molecular weight is 207 g/mol. The first-order chi connectivity index (χ1) is 5.70. The van der Waals surface area contributed by atoms with E-state index in [1.165, 1.54) is 12.8 Å². The quantitative estimate of drug-likeness (QED) is 0.722. The summed E-state index contributed by atoms with van der Waals surface area (Å²) in [5, 5.41) is 3.30. The first-order valence-electron chi connectivity index (χ1n) is 4.70. The third-order valence-electron chi connectivity index (χ3n) is 2.63. The second-order valence-corrected chi connectivity index (χ2v) is 3.73. The zero-order chi connectivity index (χ0) is 8.97. The third kappa shape index (κ3) is 4.48. The summed E-state index contributed by atoms with van der Waals surface area (Å²) >= 11 is 0. The Morgan fingerprint density at radius 2 is 2.08 bits per heavy atom.